The van der Waals surface area contributed by atoms with Crippen molar-refractivity contribution in [2.45, 2.75) is 12.8 Å². The Hall–Kier alpha value is -0.730. The number of halogens is 1. The molecule has 94 valence electrons. The van der Waals surface area contributed by atoms with Gasteiger partial charge in [-0.3, -0.25) is 4.90 Å². The molecule has 0 bridgehead atoms. The molecule has 1 aliphatic rings. The molecule has 0 spiro atoms. The highest BCUT2D eigenvalue weighted by Gasteiger charge is 2.18. The monoisotopic (exact) mass is 253 g/mol. The van der Waals surface area contributed by atoms with Gasteiger partial charge in [-0.1, -0.05) is 18.2 Å². The molecule has 1 saturated heterocycles. The highest BCUT2D eigenvalue weighted by molar-refractivity contribution is 6.18. The van der Waals surface area contributed by atoms with E-state index in [9.17, 15) is 0 Å². The Morgan fingerprint density at radius 3 is 2.88 bits per heavy atom. The smallest absolute Gasteiger partial charge is 0.119 e. The van der Waals surface area contributed by atoms with Crippen LogP contribution in [0.5, 0.6) is 5.75 Å². The second-order valence-corrected chi connectivity index (χ2v) is 4.93. The summed E-state index contributed by atoms with van der Waals surface area (Å²) in [6.45, 7) is 4.08. The molecule has 1 atom stereocenters. The zero-order valence-electron chi connectivity index (χ0n) is 10.1. The van der Waals surface area contributed by atoms with Crippen LogP contribution in [-0.4, -0.2) is 37.0 Å². The lowest BCUT2D eigenvalue weighted by Crippen LogP contribution is -2.38. The summed E-state index contributed by atoms with van der Waals surface area (Å²) in [5.41, 5.74) is 0. The Morgan fingerprint density at radius 1 is 1.29 bits per heavy atom. The summed E-state index contributed by atoms with van der Waals surface area (Å²) in [5, 5.41) is 0. The van der Waals surface area contributed by atoms with Crippen molar-refractivity contribution in [3.8, 4) is 5.75 Å². The van der Waals surface area contributed by atoms with Gasteiger partial charge in [0, 0.05) is 19.0 Å². The lowest BCUT2D eigenvalue weighted by Gasteiger charge is -2.31. The van der Waals surface area contributed by atoms with E-state index in [1.807, 2.05) is 30.3 Å². The van der Waals surface area contributed by atoms with Crippen LogP contribution in [-0.2, 0) is 0 Å². The number of alkyl halides is 1. The van der Waals surface area contributed by atoms with Crippen molar-refractivity contribution in [2.75, 3.05) is 32.1 Å². The predicted octanol–water partition coefficient (Wildman–Crippen LogP) is 3.02. The van der Waals surface area contributed by atoms with Gasteiger partial charge in [-0.2, -0.15) is 0 Å². The molecule has 3 heteroatoms. The lowest BCUT2D eigenvalue weighted by atomic mass is 10.0. The highest BCUT2D eigenvalue weighted by atomic mass is 35.5. The van der Waals surface area contributed by atoms with Gasteiger partial charge in [0.15, 0.2) is 0 Å². The number of likely N-dealkylation sites (tertiary alicyclic amines) is 1. The largest absolute Gasteiger partial charge is 0.492 e. The van der Waals surface area contributed by atoms with Crippen molar-refractivity contribution in [1.29, 1.82) is 0 Å². The average molecular weight is 254 g/mol. The van der Waals surface area contributed by atoms with E-state index in [1.54, 1.807) is 0 Å². The van der Waals surface area contributed by atoms with Gasteiger partial charge in [0.2, 0.25) is 0 Å². The molecule has 0 radical (unpaired) electrons. The molecule has 0 N–H and O–H groups in total. The van der Waals surface area contributed by atoms with E-state index in [4.69, 9.17) is 16.3 Å². The van der Waals surface area contributed by atoms with Crippen LogP contribution in [0.1, 0.15) is 12.8 Å². The quantitative estimate of drug-likeness (QED) is 0.748. The minimum atomic E-state index is 0.669. The summed E-state index contributed by atoms with van der Waals surface area (Å²) in [5.74, 6) is 2.41. The summed E-state index contributed by atoms with van der Waals surface area (Å²) in [6, 6.07) is 10.00. The number of hydrogen-bond acceptors (Lipinski definition) is 2. The van der Waals surface area contributed by atoms with Gasteiger partial charge in [-0.05, 0) is 37.4 Å². The van der Waals surface area contributed by atoms with Crippen LogP contribution < -0.4 is 4.74 Å². The molecule has 2 nitrogen and oxygen atoms in total. The van der Waals surface area contributed by atoms with Gasteiger partial charge in [0.25, 0.3) is 0 Å². The van der Waals surface area contributed by atoms with Crippen molar-refractivity contribution in [3.05, 3.63) is 30.3 Å². The molecule has 1 aliphatic heterocycles. The molecule has 0 amide bonds. The summed E-state index contributed by atoms with van der Waals surface area (Å²) >= 11 is 5.92. The van der Waals surface area contributed by atoms with Crippen molar-refractivity contribution in [3.63, 3.8) is 0 Å². The number of benzene rings is 1. The molecule has 1 fully saturated rings. The lowest BCUT2D eigenvalue weighted by molar-refractivity contribution is 0.155. The molecule has 0 saturated carbocycles. The number of nitrogens with zero attached hydrogens (tertiary/aromatic N) is 1. The SMILES string of the molecule is ClCC1CCCN(CCOc2ccccc2)C1. The van der Waals surface area contributed by atoms with Crippen LogP contribution in [0.2, 0.25) is 0 Å². The second-order valence-electron chi connectivity index (χ2n) is 4.62. The molecule has 0 aromatic heterocycles. The third-order valence-electron chi connectivity index (χ3n) is 3.24. The third-order valence-corrected chi connectivity index (χ3v) is 3.68. The van der Waals surface area contributed by atoms with Crippen LogP contribution in [0.25, 0.3) is 0 Å². The van der Waals surface area contributed by atoms with Gasteiger partial charge in [-0.25, -0.2) is 0 Å². The summed E-state index contributed by atoms with van der Waals surface area (Å²) in [4.78, 5) is 2.46. The first-order valence-corrected chi connectivity index (χ1v) is 6.88. The molecule has 1 unspecified atom stereocenters. The molecular formula is C14H20ClNO. The fourth-order valence-electron chi connectivity index (χ4n) is 2.29. The maximum absolute atomic E-state index is 5.92. The molecule has 1 heterocycles. The molecule has 17 heavy (non-hydrogen) atoms. The van der Waals surface area contributed by atoms with Crippen LogP contribution in [0.4, 0.5) is 0 Å². The van der Waals surface area contributed by atoms with E-state index >= 15 is 0 Å². The van der Waals surface area contributed by atoms with Gasteiger partial charge >= 0.3 is 0 Å². The molecule has 1 aromatic carbocycles. The first-order chi connectivity index (χ1) is 8.38. The minimum absolute atomic E-state index is 0.669. The van der Waals surface area contributed by atoms with Crippen LogP contribution in [0.3, 0.4) is 0 Å². The van der Waals surface area contributed by atoms with E-state index in [2.05, 4.69) is 4.90 Å². The zero-order chi connectivity index (χ0) is 11.9. The Balaban J connectivity index is 1.68. The second kappa shape index (κ2) is 6.87. The Kier molecular flexibility index (Phi) is 5.14. The maximum atomic E-state index is 5.92. The molecule has 2 rings (SSSR count). The molecule has 0 aliphatic carbocycles. The van der Waals surface area contributed by atoms with E-state index < -0.39 is 0 Å². The number of piperidine rings is 1. The number of rotatable bonds is 5. The first-order valence-electron chi connectivity index (χ1n) is 6.34. The predicted molar refractivity (Wildman–Crippen MR) is 71.8 cm³/mol. The topological polar surface area (TPSA) is 12.5 Å². The molecule has 1 aromatic rings. The van der Waals surface area contributed by atoms with Crippen LogP contribution >= 0.6 is 11.6 Å². The zero-order valence-corrected chi connectivity index (χ0v) is 10.9. The third kappa shape index (κ3) is 4.21. The van der Waals surface area contributed by atoms with Crippen molar-refractivity contribution >= 4 is 11.6 Å². The van der Waals surface area contributed by atoms with Gasteiger partial charge in [0.1, 0.15) is 12.4 Å². The Morgan fingerprint density at radius 2 is 2.12 bits per heavy atom. The number of hydrogen-bond donors (Lipinski definition) is 0. The van der Waals surface area contributed by atoms with Crippen molar-refractivity contribution in [2.24, 2.45) is 5.92 Å². The van der Waals surface area contributed by atoms with Crippen molar-refractivity contribution in [1.82, 2.24) is 4.90 Å². The van der Waals surface area contributed by atoms with E-state index in [0.717, 1.165) is 31.3 Å². The van der Waals surface area contributed by atoms with Gasteiger partial charge < -0.3 is 4.74 Å². The average Bonchev–Trinajstić information content (AvgIpc) is 2.40. The van der Waals surface area contributed by atoms with Gasteiger partial charge in [0.05, 0.1) is 0 Å². The fraction of sp³-hybridized carbons (Fsp3) is 0.571. The van der Waals surface area contributed by atoms with E-state index in [-0.39, 0.29) is 0 Å². The van der Waals surface area contributed by atoms with E-state index in [1.165, 1.54) is 19.4 Å². The number of ether oxygens (including phenoxy) is 1. The highest BCUT2D eigenvalue weighted by Crippen LogP contribution is 2.17. The standard InChI is InChI=1S/C14H20ClNO/c15-11-13-5-4-8-16(12-13)9-10-17-14-6-2-1-3-7-14/h1-3,6-7,13H,4-5,8-12H2. The number of para-hydroxylation sites is 1. The normalized spacial score (nSPS) is 21.4. The molecular weight excluding hydrogens is 234 g/mol. The fourth-order valence-corrected chi connectivity index (χ4v) is 2.54. The summed E-state index contributed by atoms with van der Waals surface area (Å²) in [6.07, 6.45) is 2.54. The van der Waals surface area contributed by atoms with Crippen LogP contribution in [0, 0.1) is 5.92 Å². The Bertz CT molecular complexity index is 317. The van der Waals surface area contributed by atoms with Gasteiger partial charge in [-0.15, -0.1) is 11.6 Å². The minimum Gasteiger partial charge on any atom is -0.492 e. The Labute approximate surface area is 109 Å². The summed E-state index contributed by atoms with van der Waals surface area (Å²) < 4.78 is 5.70. The first kappa shape index (κ1) is 12.7. The van der Waals surface area contributed by atoms with Crippen LogP contribution in [0.15, 0.2) is 30.3 Å². The van der Waals surface area contributed by atoms with E-state index in [0.29, 0.717) is 5.92 Å². The maximum Gasteiger partial charge on any atom is 0.119 e. The van der Waals surface area contributed by atoms with Crippen molar-refractivity contribution < 1.29 is 4.74 Å². The summed E-state index contributed by atoms with van der Waals surface area (Å²) in [7, 11) is 0.